The van der Waals surface area contributed by atoms with Crippen molar-refractivity contribution in [3.05, 3.63) is 21.7 Å². The molecule has 3 heteroatoms. The fourth-order valence-electron chi connectivity index (χ4n) is 0.835. The molecule has 0 aliphatic heterocycles. The van der Waals surface area contributed by atoms with Crippen molar-refractivity contribution in [2.45, 2.75) is 19.9 Å². The van der Waals surface area contributed by atoms with Gasteiger partial charge in [0.2, 0.25) is 0 Å². The predicted molar refractivity (Wildman–Crippen MR) is 53.4 cm³/mol. The second-order valence-corrected chi connectivity index (χ2v) is 3.45. The van der Waals surface area contributed by atoms with Crippen LogP contribution in [0.25, 0.3) is 0 Å². The lowest BCUT2D eigenvalue weighted by molar-refractivity contribution is 0.463. The highest BCUT2D eigenvalue weighted by Gasteiger charge is 1.96. The number of hydrogen-bond acceptors (Lipinski definition) is 2. The van der Waals surface area contributed by atoms with Gasteiger partial charge in [0, 0.05) is 0 Å². The maximum Gasteiger partial charge on any atom is 0.164 e. The minimum absolute atomic E-state index is 0.844. The Morgan fingerprint density at radius 2 is 2.36 bits per heavy atom. The molecule has 1 heterocycles. The quantitative estimate of drug-likeness (QED) is 0.668. The van der Waals surface area contributed by atoms with Crippen molar-refractivity contribution in [2.75, 3.05) is 6.54 Å². The molecular formula is C8H12INO. The maximum absolute atomic E-state index is 5.35. The first-order valence-electron chi connectivity index (χ1n) is 3.78. The van der Waals surface area contributed by atoms with Crippen molar-refractivity contribution >= 4 is 22.6 Å². The molecule has 0 unspecified atom stereocenters. The van der Waals surface area contributed by atoms with Crippen LogP contribution in [0.4, 0.5) is 0 Å². The molecule has 62 valence electrons. The molecule has 1 rings (SSSR count). The van der Waals surface area contributed by atoms with Crippen LogP contribution in [0.1, 0.15) is 19.1 Å². The summed E-state index contributed by atoms with van der Waals surface area (Å²) < 4.78 is 6.31. The number of furan rings is 1. The lowest BCUT2D eigenvalue weighted by atomic mass is 10.4. The third kappa shape index (κ3) is 3.25. The first-order valence-corrected chi connectivity index (χ1v) is 4.85. The Hall–Kier alpha value is -0.0300. The smallest absolute Gasteiger partial charge is 0.164 e. The molecule has 0 radical (unpaired) electrons. The molecule has 1 aromatic rings. The van der Waals surface area contributed by atoms with E-state index in [4.69, 9.17) is 4.42 Å². The number of rotatable bonds is 4. The molecule has 0 atom stereocenters. The second-order valence-electron chi connectivity index (χ2n) is 2.38. The van der Waals surface area contributed by atoms with Crippen molar-refractivity contribution in [1.29, 1.82) is 0 Å². The molecule has 0 saturated carbocycles. The lowest BCUT2D eigenvalue weighted by Crippen LogP contribution is -2.12. The van der Waals surface area contributed by atoms with E-state index in [-0.39, 0.29) is 0 Å². The van der Waals surface area contributed by atoms with Crippen LogP contribution < -0.4 is 5.32 Å². The van der Waals surface area contributed by atoms with E-state index in [9.17, 15) is 0 Å². The van der Waals surface area contributed by atoms with Crippen molar-refractivity contribution in [1.82, 2.24) is 5.32 Å². The zero-order chi connectivity index (χ0) is 8.10. The van der Waals surface area contributed by atoms with Crippen LogP contribution in [0.5, 0.6) is 0 Å². The van der Waals surface area contributed by atoms with Gasteiger partial charge < -0.3 is 9.73 Å². The van der Waals surface area contributed by atoms with E-state index < -0.39 is 0 Å². The van der Waals surface area contributed by atoms with Gasteiger partial charge in [0.05, 0.1) is 6.54 Å². The third-order valence-corrected chi connectivity index (χ3v) is 1.93. The van der Waals surface area contributed by atoms with E-state index in [2.05, 4.69) is 34.8 Å². The fourth-order valence-corrected chi connectivity index (χ4v) is 1.30. The van der Waals surface area contributed by atoms with E-state index in [0.29, 0.717) is 0 Å². The molecule has 11 heavy (non-hydrogen) atoms. The zero-order valence-corrected chi connectivity index (χ0v) is 8.72. The van der Waals surface area contributed by atoms with E-state index in [1.165, 1.54) is 0 Å². The molecule has 0 saturated heterocycles. The summed E-state index contributed by atoms with van der Waals surface area (Å²) in [6.07, 6.45) is 1.16. The van der Waals surface area contributed by atoms with Crippen LogP contribution in [0.3, 0.4) is 0 Å². The molecule has 0 aliphatic rings. The summed E-state index contributed by atoms with van der Waals surface area (Å²) >= 11 is 2.17. The number of halogens is 1. The topological polar surface area (TPSA) is 25.2 Å². The monoisotopic (exact) mass is 265 g/mol. The van der Waals surface area contributed by atoms with E-state index in [1.807, 2.05) is 12.1 Å². The molecule has 0 bridgehead atoms. The average molecular weight is 265 g/mol. The summed E-state index contributed by atoms with van der Waals surface area (Å²) in [5.41, 5.74) is 0. The van der Waals surface area contributed by atoms with Gasteiger partial charge in [0.15, 0.2) is 3.77 Å². The van der Waals surface area contributed by atoms with E-state index in [1.54, 1.807) is 0 Å². The normalized spacial score (nSPS) is 10.4. The first kappa shape index (κ1) is 9.06. The summed E-state index contributed by atoms with van der Waals surface area (Å²) in [6, 6.07) is 3.98. The van der Waals surface area contributed by atoms with E-state index in [0.717, 1.165) is 29.0 Å². The molecule has 0 amide bonds. The molecular weight excluding hydrogens is 253 g/mol. The zero-order valence-electron chi connectivity index (χ0n) is 6.56. The van der Waals surface area contributed by atoms with Crippen LogP contribution in [0, 0.1) is 3.77 Å². The Labute approximate surface area is 80.5 Å². The minimum atomic E-state index is 0.844. The highest BCUT2D eigenvalue weighted by Crippen LogP contribution is 2.09. The van der Waals surface area contributed by atoms with E-state index >= 15 is 0 Å². The number of hydrogen-bond donors (Lipinski definition) is 1. The average Bonchev–Trinajstić information content (AvgIpc) is 2.37. The number of nitrogens with one attached hydrogen (secondary N) is 1. The van der Waals surface area contributed by atoms with Gasteiger partial charge in [-0.2, -0.15) is 0 Å². The molecule has 2 nitrogen and oxygen atoms in total. The van der Waals surface area contributed by atoms with Gasteiger partial charge in [0.1, 0.15) is 5.76 Å². The summed E-state index contributed by atoms with van der Waals surface area (Å²) in [7, 11) is 0. The Bertz CT molecular complexity index is 210. The minimum Gasteiger partial charge on any atom is -0.454 e. The van der Waals surface area contributed by atoms with Crippen LogP contribution in [0.2, 0.25) is 0 Å². The third-order valence-electron chi connectivity index (χ3n) is 1.35. The largest absolute Gasteiger partial charge is 0.454 e. The first-order chi connectivity index (χ1) is 5.33. The van der Waals surface area contributed by atoms with Crippen LogP contribution in [-0.4, -0.2) is 6.54 Å². The molecule has 0 aromatic carbocycles. The van der Waals surface area contributed by atoms with Gasteiger partial charge in [-0.25, -0.2) is 0 Å². The molecule has 0 spiro atoms. The van der Waals surface area contributed by atoms with Gasteiger partial charge >= 0.3 is 0 Å². The predicted octanol–water partition coefficient (Wildman–Crippen LogP) is 2.38. The van der Waals surface area contributed by atoms with Crippen molar-refractivity contribution in [3.63, 3.8) is 0 Å². The lowest BCUT2D eigenvalue weighted by Gasteiger charge is -1.97. The summed E-state index contributed by atoms with van der Waals surface area (Å²) in [4.78, 5) is 0. The van der Waals surface area contributed by atoms with Crippen LogP contribution >= 0.6 is 22.6 Å². The second kappa shape index (κ2) is 4.77. The van der Waals surface area contributed by atoms with Crippen LogP contribution in [0.15, 0.2) is 16.5 Å². The summed E-state index contributed by atoms with van der Waals surface area (Å²) in [6.45, 7) is 4.05. The van der Waals surface area contributed by atoms with Gasteiger partial charge in [-0.1, -0.05) is 6.92 Å². The van der Waals surface area contributed by atoms with Crippen molar-refractivity contribution < 1.29 is 4.42 Å². The highest BCUT2D eigenvalue weighted by molar-refractivity contribution is 14.1. The SMILES string of the molecule is CCCNCc1ccc(I)o1. The van der Waals surface area contributed by atoms with Crippen LogP contribution in [-0.2, 0) is 6.54 Å². The molecule has 0 fully saturated rings. The Kier molecular flexibility index (Phi) is 3.93. The summed E-state index contributed by atoms with van der Waals surface area (Å²) in [5, 5.41) is 3.27. The van der Waals surface area contributed by atoms with Gasteiger partial charge in [0.25, 0.3) is 0 Å². The fraction of sp³-hybridized carbons (Fsp3) is 0.500. The van der Waals surface area contributed by atoms with Gasteiger partial charge in [-0.3, -0.25) is 0 Å². The summed E-state index contributed by atoms with van der Waals surface area (Å²) in [5.74, 6) is 1.02. The Morgan fingerprint density at radius 3 is 2.91 bits per heavy atom. The standard InChI is InChI=1S/C8H12INO/c1-2-5-10-6-7-3-4-8(9)11-7/h3-4,10H,2,5-6H2,1H3. The Balaban J connectivity index is 2.27. The van der Waals surface area contributed by atoms with Crippen molar-refractivity contribution in [3.8, 4) is 0 Å². The van der Waals surface area contributed by atoms with Crippen molar-refractivity contribution in [2.24, 2.45) is 0 Å². The molecule has 0 aliphatic carbocycles. The highest BCUT2D eigenvalue weighted by atomic mass is 127. The Morgan fingerprint density at radius 1 is 1.55 bits per heavy atom. The molecule has 1 N–H and O–H groups in total. The maximum atomic E-state index is 5.35. The van der Waals surface area contributed by atoms with Gasteiger partial charge in [-0.05, 0) is 47.7 Å². The van der Waals surface area contributed by atoms with Gasteiger partial charge in [-0.15, -0.1) is 0 Å². The molecule has 1 aromatic heterocycles.